The van der Waals surface area contributed by atoms with Crippen LogP contribution in [-0.4, -0.2) is 17.9 Å². The molecular formula is C11H15ClN4S. The number of hydrogen-bond acceptors (Lipinski definition) is 3. The SMILES string of the molecule is CC/C(=N\N=C(N)N)c1cccc(Cl)c1SC. The molecule has 0 fully saturated rings. The molecule has 17 heavy (non-hydrogen) atoms. The minimum atomic E-state index is -0.0521. The summed E-state index contributed by atoms with van der Waals surface area (Å²) in [4.78, 5) is 0.987. The van der Waals surface area contributed by atoms with E-state index in [1.54, 1.807) is 11.8 Å². The third-order valence-electron chi connectivity index (χ3n) is 2.10. The van der Waals surface area contributed by atoms with Crippen LogP contribution >= 0.6 is 23.4 Å². The van der Waals surface area contributed by atoms with E-state index in [9.17, 15) is 0 Å². The molecule has 0 heterocycles. The number of halogens is 1. The van der Waals surface area contributed by atoms with E-state index in [-0.39, 0.29) is 5.96 Å². The smallest absolute Gasteiger partial charge is 0.211 e. The van der Waals surface area contributed by atoms with Crippen LogP contribution in [0.3, 0.4) is 0 Å². The second-order valence-corrected chi connectivity index (χ2v) is 4.47. The van der Waals surface area contributed by atoms with Crippen LogP contribution in [0.15, 0.2) is 33.3 Å². The lowest BCUT2D eigenvalue weighted by Gasteiger charge is -2.09. The first-order valence-corrected chi connectivity index (χ1v) is 6.68. The van der Waals surface area contributed by atoms with Gasteiger partial charge in [0.25, 0.3) is 0 Å². The Hall–Kier alpha value is -1.20. The number of nitrogens with two attached hydrogens (primary N) is 2. The molecule has 0 saturated carbocycles. The number of guanidine groups is 1. The Balaban J connectivity index is 3.25. The van der Waals surface area contributed by atoms with E-state index in [4.69, 9.17) is 23.1 Å². The molecule has 1 aromatic carbocycles. The van der Waals surface area contributed by atoms with Gasteiger partial charge in [0.2, 0.25) is 5.96 Å². The molecule has 0 radical (unpaired) electrons. The average molecular weight is 271 g/mol. The molecule has 0 aliphatic rings. The molecule has 0 atom stereocenters. The highest BCUT2D eigenvalue weighted by Gasteiger charge is 2.10. The van der Waals surface area contributed by atoms with E-state index in [0.29, 0.717) is 5.02 Å². The number of hydrogen-bond donors (Lipinski definition) is 2. The van der Waals surface area contributed by atoms with Gasteiger partial charge < -0.3 is 11.5 Å². The molecule has 92 valence electrons. The van der Waals surface area contributed by atoms with Crippen LogP contribution in [0.2, 0.25) is 5.02 Å². The third kappa shape index (κ3) is 3.64. The molecule has 0 bridgehead atoms. The summed E-state index contributed by atoms with van der Waals surface area (Å²) < 4.78 is 0. The summed E-state index contributed by atoms with van der Waals surface area (Å²) in [5.41, 5.74) is 12.3. The molecule has 0 aliphatic heterocycles. The van der Waals surface area contributed by atoms with Gasteiger partial charge in [0.1, 0.15) is 0 Å². The van der Waals surface area contributed by atoms with Crippen LogP contribution in [-0.2, 0) is 0 Å². The van der Waals surface area contributed by atoms with Crippen LogP contribution in [0.25, 0.3) is 0 Å². The van der Waals surface area contributed by atoms with Crippen molar-refractivity contribution in [3.63, 3.8) is 0 Å². The zero-order chi connectivity index (χ0) is 12.8. The highest BCUT2D eigenvalue weighted by atomic mass is 35.5. The van der Waals surface area contributed by atoms with Gasteiger partial charge in [-0.15, -0.1) is 16.9 Å². The molecule has 4 nitrogen and oxygen atoms in total. The fraction of sp³-hybridized carbons (Fsp3) is 0.273. The maximum Gasteiger partial charge on any atom is 0.211 e. The number of benzene rings is 1. The maximum atomic E-state index is 6.13. The Morgan fingerprint density at radius 1 is 1.35 bits per heavy atom. The maximum absolute atomic E-state index is 6.13. The van der Waals surface area contributed by atoms with E-state index in [2.05, 4.69) is 10.2 Å². The van der Waals surface area contributed by atoms with Crippen LogP contribution in [0.1, 0.15) is 18.9 Å². The molecule has 0 unspecified atom stereocenters. The summed E-state index contributed by atoms with van der Waals surface area (Å²) in [6.45, 7) is 1.99. The van der Waals surface area contributed by atoms with Gasteiger partial charge in [0.05, 0.1) is 10.7 Å². The van der Waals surface area contributed by atoms with Crippen molar-refractivity contribution in [1.29, 1.82) is 0 Å². The molecule has 1 rings (SSSR count). The zero-order valence-corrected chi connectivity index (χ0v) is 11.3. The van der Waals surface area contributed by atoms with Crippen molar-refractivity contribution in [3.8, 4) is 0 Å². The summed E-state index contributed by atoms with van der Waals surface area (Å²) in [6, 6.07) is 5.70. The Morgan fingerprint density at radius 3 is 2.59 bits per heavy atom. The minimum Gasteiger partial charge on any atom is -0.369 e. The van der Waals surface area contributed by atoms with Crippen molar-refractivity contribution in [3.05, 3.63) is 28.8 Å². The van der Waals surface area contributed by atoms with Gasteiger partial charge in [0.15, 0.2) is 0 Å². The van der Waals surface area contributed by atoms with Gasteiger partial charge >= 0.3 is 0 Å². The van der Waals surface area contributed by atoms with Crippen LogP contribution in [0, 0.1) is 0 Å². The minimum absolute atomic E-state index is 0.0521. The average Bonchev–Trinajstić information content (AvgIpc) is 2.29. The molecular weight excluding hydrogens is 256 g/mol. The molecule has 0 aromatic heterocycles. The van der Waals surface area contributed by atoms with Gasteiger partial charge in [-0.3, -0.25) is 0 Å². The third-order valence-corrected chi connectivity index (χ3v) is 3.38. The topological polar surface area (TPSA) is 76.8 Å². The summed E-state index contributed by atoms with van der Waals surface area (Å²) >= 11 is 7.71. The summed E-state index contributed by atoms with van der Waals surface area (Å²) in [6.07, 6.45) is 2.70. The second-order valence-electron chi connectivity index (χ2n) is 3.25. The predicted molar refractivity (Wildman–Crippen MR) is 75.9 cm³/mol. The van der Waals surface area contributed by atoms with E-state index in [1.165, 1.54) is 0 Å². The first-order valence-electron chi connectivity index (χ1n) is 5.08. The normalized spacial score (nSPS) is 11.4. The van der Waals surface area contributed by atoms with E-state index in [0.717, 1.165) is 22.6 Å². The van der Waals surface area contributed by atoms with Gasteiger partial charge in [-0.05, 0) is 18.7 Å². The lowest BCUT2D eigenvalue weighted by Crippen LogP contribution is -2.22. The molecule has 6 heteroatoms. The van der Waals surface area contributed by atoms with Crippen LogP contribution < -0.4 is 11.5 Å². The second kappa shape index (κ2) is 6.51. The quantitative estimate of drug-likeness (QED) is 0.382. The molecule has 0 saturated heterocycles. The molecule has 0 aliphatic carbocycles. The number of thioether (sulfide) groups is 1. The van der Waals surface area contributed by atoms with Gasteiger partial charge in [-0.2, -0.15) is 5.10 Å². The predicted octanol–water partition coefficient (Wildman–Crippen LogP) is 2.45. The van der Waals surface area contributed by atoms with Crippen molar-refractivity contribution >= 4 is 35.0 Å². The van der Waals surface area contributed by atoms with Crippen LogP contribution in [0.4, 0.5) is 0 Å². The Morgan fingerprint density at radius 2 is 2.06 bits per heavy atom. The molecule has 0 spiro atoms. The Bertz CT molecular complexity index is 453. The van der Waals surface area contributed by atoms with E-state index < -0.39 is 0 Å². The molecule has 0 amide bonds. The highest BCUT2D eigenvalue weighted by Crippen LogP contribution is 2.29. The monoisotopic (exact) mass is 270 g/mol. The standard InChI is InChI=1S/C11H15ClN4S/c1-3-9(15-16-11(13)14)7-5-4-6-8(12)10(7)17-2/h4-6H,3H2,1-2H3,(H4,13,14,16)/b15-9+. The fourth-order valence-corrected chi connectivity index (χ4v) is 2.45. The largest absolute Gasteiger partial charge is 0.369 e. The first kappa shape index (κ1) is 13.9. The van der Waals surface area contributed by atoms with Crippen molar-refractivity contribution in [2.24, 2.45) is 21.7 Å². The summed E-state index contributed by atoms with van der Waals surface area (Å²) in [5.74, 6) is -0.0521. The summed E-state index contributed by atoms with van der Waals surface area (Å²) in [7, 11) is 0. The van der Waals surface area contributed by atoms with E-state index in [1.807, 2.05) is 31.4 Å². The van der Waals surface area contributed by atoms with Crippen molar-refractivity contribution in [2.75, 3.05) is 6.26 Å². The molecule has 1 aromatic rings. The lowest BCUT2D eigenvalue weighted by molar-refractivity contribution is 1.14. The lowest BCUT2D eigenvalue weighted by atomic mass is 10.1. The fourth-order valence-electron chi connectivity index (χ4n) is 1.38. The summed E-state index contributed by atoms with van der Waals surface area (Å²) in [5, 5.41) is 8.44. The Labute approximate surface area is 110 Å². The van der Waals surface area contributed by atoms with Crippen molar-refractivity contribution in [2.45, 2.75) is 18.2 Å². The Kier molecular flexibility index (Phi) is 5.31. The van der Waals surface area contributed by atoms with Crippen molar-refractivity contribution in [1.82, 2.24) is 0 Å². The van der Waals surface area contributed by atoms with Crippen molar-refractivity contribution < 1.29 is 0 Å². The van der Waals surface area contributed by atoms with Crippen LogP contribution in [0.5, 0.6) is 0 Å². The first-order chi connectivity index (χ1) is 8.10. The van der Waals surface area contributed by atoms with Gasteiger partial charge in [-0.1, -0.05) is 30.7 Å². The van der Waals surface area contributed by atoms with Gasteiger partial charge in [0, 0.05) is 10.5 Å². The highest BCUT2D eigenvalue weighted by molar-refractivity contribution is 7.98. The number of nitrogens with zero attached hydrogens (tertiary/aromatic N) is 2. The number of rotatable bonds is 4. The van der Waals surface area contributed by atoms with E-state index >= 15 is 0 Å². The van der Waals surface area contributed by atoms with Gasteiger partial charge in [-0.25, -0.2) is 0 Å². The zero-order valence-electron chi connectivity index (χ0n) is 9.77. The molecule has 4 N–H and O–H groups in total.